The van der Waals surface area contributed by atoms with Gasteiger partial charge in [-0.2, -0.15) is 0 Å². The molecule has 6 nitrogen and oxygen atoms in total. The normalized spacial score (nSPS) is 18.6. The third-order valence-electron chi connectivity index (χ3n) is 3.46. The second-order valence-electron chi connectivity index (χ2n) is 5.03. The van der Waals surface area contributed by atoms with Gasteiger partial charge in [0.1, 0.15) is 17.5 Å². The summed E-state index contributed by atoms with van der Waals surface area (Å²) < 4.78 is 0. The molecule has 2 rings (SSSR count). The molecule has 20 heavy (non-hydrogen) atoms. The lowest BCUT2D eigenvalue weighted by Gasteiger charge is -2.25. The molecule has 110 valence electrons. The van der Waals surface area contributed by atoms with E-state index < -0.39 is 0 Å². The van der Waals surface area contributed by atoms with E-state index in [0.29, 0.717) is 13.0 Å². The van der Waals surface area contributed by atoms with Gasteiger partial charge in [0.05, 0.1) is 0 Å². The maximum absolute atomic E-state index is 11.2. The summed E-state index contributed by atoms with van der Waals surface area (Å²) in [5, 5.41) is 9.59. The molecular formula is C14H23N5O. The Morgan fingerprint density at radius 2 is 2.05 bits per heavy atom. The number of carbonyl (C=O) groups is 1. The van der Waals surface area contributed by atoms with Crippen molar-refractivity contribution < 1.29 is 4.79 Å². The topological polar surface area (TPSA) is 78.9 Å². The van der Waals surface area contributed by atoms with Crippen LogP contribution in [0, 0.1) is 6.92 Å². The van der Waals surface area contributed by atoms with Gasteiger partial charge in [-0.05, 0) is 20.3 Å². The van der Waals surface area contributed by atoms with Crippen LogP contribution in [0.25, 0.3) is 0 Å². The minimum Gasteiger partial charge on any atom is -0.370 e. The van der Waals surface area contributed by atoms with Crippen molar-refractivity contribution >= 4 is 17.5 Å². The molecule has 0 saturated carbocycles. The molecule has 1 fully saturated rings. The number of nitrogens with zero attached hydrogens (tertiary/aromatic N) is 2. The number of amides is 1. The number of aromatic nitrogens is 2. The van der Waals surface area contributed by atoms with Crippen molar-refractivity contribution in [3.8, 4) is 0 Å². The number of rotatable bonds is 5. The standard InChI is InChI=1S/C14H23N5O/c1-4-11-18-13(15-5-2)9(3)14(19-11)17-10-6-7-12(20)16-8-10/h10H,4-8H2,1-3H3,(H,16,20)(H2,15,17,18,19). The Labute approximate surface area is 119 Å². The number of aryl methyl sites for hydroxylation is 1. The summed E-state index contributed by atoms with van der Waals surface area (Å²) in [6.07, 6.45) is 2.21. The number of piperidine rings is 1. The van der Waals surface area contributed by atoms with E-state index in [-0.39, 0.29) is 11.9 Å². The first-order valence-electron chi connectivity index (χ1n) is 7.28. The molecule has 1 aromatic heterocycles. The predicted molar refractivity (Wildman–Crippen MR) is 80.0 cm³/mol. The quantitative estimate of drug-likeness (QED) is 0.759. The average Bonchev–Trinajstić information content (AvgIpc) is 2.45. The van der Waals surface area contributed by atoms with Gasteiger partial charge in [-0.3, -0.25) is 4.79 Å². The first kappa shape index (κ1) is 14.6. The monoisotopic (exact) mass is 277 g/mol. The van der Waals surface area contributed by atoms with E-state index >= 15 is 0 Å². The number of hydrogen-bond donors (Lipinski definition) is 3. The highest BCUT2D eigenvalue weighted by molar-refractivity contribution is 5.77. The molecule has 1 unspecified atom stereocenters. The highest BCUT2D eigenvalue weighted by Crippen LogP contribution is 2.22. The summed E-state index contributed by atoms with van der Waals surface area (Å²) in [7, 11) is 0. The maximum atomic E-state index is 11.2. The molecule has 0 spiro atoms. The number of hydrogen-bond acceptors (Lipinski definition) is 5. The SMILES string of the molecule is CCNc1nc(CC)nc(NC2CCC(=O)NC2)c1C. The lowest BCUT2D eigenvalue weighted by molar-refractivity contribution is -0.122. The second kappa shape index (κ2) is 6.54. The van der Waals surface area contributed by atoms with Crippen LogP contribution >= 0.6 is 0 Å². The lowest BCUT2D eigenvalue weighted by atomic mass is 10.1. The summed E-state index contributed by atoms with van der Waals surface area (Å²) in [6, 6.07) is 0.237. The Balaban J connectivity index is 2.17. The molecular weight excluding hydrogens is 254 g/mol. The summed E-state index contributed by atoms with van der Waals surface area (Å²) in [4.78, 5) is 20.3. The minimum absolute atomic E-state index is 0.130. The lowest BCUT2D eigenvalue weighted by Crippen LogP contribution is -2.42. The zero-order valence-electron chi connectivity index (χ0n) is 12.4. The number of carbonyl (C=O) groups excluding carboxylic acids is 1. The van der Waals surface area contributed by atoms with E-state index in [1.54, 1.807) is 0 Å². The molecule has 0 radical (unpaired) electrons. The van der Waals surface area contributed by atoms with Gasteiger partial charge in [0.2, 0.25) is 5.91 Å². The number of nitrogens with one attached hydrogen (secondary N) is 3. The molecule has 0 aliphatic carbocycles. The molecule has 1 saturated heterocycles. The van der Waals surface area contributed by atoms with Crippen LogP contribution in [0.15, 0.2) is 0 Å². The van der Waals surface area contributed by atoms with Gasteiger partial charge in [0.15, 0.2) is 0 Å². The van der Waals surface area contributed by atoms with Crippen LogP contribution in [0.4, 0.5) is 11.6 Å². The summed E-state index contributed by atoms with van der Waals surface area (Å²) in [6.45, 7) is 7.60. The van der Waals surface area contributed by atoms with Crippen molar-refractivity contribution in [3.05, 3.63) is 11.4 Å². The van der Waals surface area contributed by atoms with Gasteiger partial charge in [-0.1, -0.05) is 6.92 Å². The van der Waals surface area contributed by atoms with Crippen LogP contribution < -0.4 is 16.0 Å². The number of anilines is 2. The summed E-state index contributed by atoms with van der Waals surface area (Å²) in [5.41, 5.74) is 1.03. The summed E-state index contributed by atoms with van der Waals surface area (Å²) >= 11 is 0. The molecule has 1 aliphatic heterocycles. The van der Waals surface area contributed by atoms with E-state index in [9.17, 15) is 4.79 Å². The largest absolute Gasteiger partial charge is 0.370 e. The van der Waals surface area contributed by atoms with E-state index in [1.807, 2.05) is 13.8 Å². The van der Waals surface area contributed by atoms with Gasteiger partial charge in [-0.25, -0.2) is 9.97 Å². The van der Waals surface area contributed by atoms with E-state index in [4.69, 9.17) is 0 Å². The Morgan fingerprint density at radius 1 is 1.30 bits per heavy atom. The van der Waals surface area contributed by atoms with Gasteiger partial charge < -0.3 is 16.0 Å². The van der Waals surface area contributed by atoms with Crippen molar-refractivity contribution in [2.45, 2.75) is 46.1 Å². The van der Waals surface area contributed by atoms with Gasteiger partial charge in [0.25, 0.3) is 0 Å². The molecule has 1 aliphatic rings. The Hall–Kier alpha value is -1.85. The fourth-order valence-electron chi connectivity index (χ4n) is 2.25. The van der Waals surface area contributed by atoms with Gasteiger partial charge in [0, 0.05) is 37.5 Å². The molecule has 2 heterocycles. The van der Waals surface area contributed by atoms with Crippen molar-refractivity contribution in [2.75, 3.05) is 23.7 Å². The third-order valence-corrected chi connectivity index (χ3v) is 3.46. The maximum Gasteiger partial charge on any atom is 0.220 e. The van der Waals surface area contributed by atoms with Crippen molar-refractivity contribution in [1.29, 1.82) is 0 Å². The van der Waals surface area contributed by atoms with E-state index in [2.05, 4.69) is 32.8 Å². The molecule has 1 aromatic rings. The molecule has 3 N–H and O–H groups in total. The van der Waals surface area contributed by atoms with Gasteiger partial charge in [-0.15, -0.1) is 0 Å². The molecule has 0 bridgehead atoms. The highest BCUT2D eigenvalue weighted by atomic mass is 16.1. The van der Waals surface area contributed by atoms with Crippen LogP contribution in [0.1, 0.15) is 38.1 Å². The zero-order chi connectivity index (χ0) is 14.5. The molecule has 1 amide bonds. The average molecular weight is 277 g/mol. The first-order valence-corrected chi connectivity index (χ1v) is 7.28. The third kappa shape index (κ3) is 3.37. The second-order valence-corrected chi connectivity index (χ2v) is 5.03. The zero-order valence-corrected chi connectivity index (χ0v) is 12.4. The van der Waals surface area contributed by atoms with Crippen LogP contribution in [0.5, 0.6) is 0 Å². The molecule has 6 heteroatoms. The van der Waals surface area contributed by atoms with Crippen LogP contribution in [0.2, 0.25) is 0 Å². The van der Waals surface area contributed by atoms with E-state index in [1.165, 1.54) is 0 Å². The Morgan fingerprint density at radius 3 is 2.65 bits per heavy atom. The smallest absolute Gasteiger partial charge is 0.220 e. The van der Waals surface area contributed by atoms with E-state index in [0.717, 1.165) is 42.4 Å². The Kier molecular flexibility index (Phi) is 4.76. The van der Waals surface area contributed by atoms with Crippen LogP contribution in [-0.4, -0.2) is 35.0 Å². The highest BCUT2D eigenvalue weighted by Gasteiger charge is 2.19. The molecule has 0 aromatic carbocycles. The molecule has 1 atom stereocenters. The van der Waals surface area contributed by atoms with Crippen molar-refractivity contribution in [2.24, 2.45) is 0 Å². The fraction of sp³-hybridized carbons (Fsp3) is 0.643. The predicted octanol–water partition coefficient (Wildman–Crippen LogP) is 1.47. The van der Waals surface area contributed by atoms with Crippen molar-refractivity contribution in [1.82, 2.24) is 15.3 Å². The fourth-order valence-corrected chi connectivity index (χ4v) is 2.25. The Bertz CT molecular complexity index is 479. The van der Waals surface area contributed by atoms with Crippen LogP contribution in [0.3, 0.4) is 0 Å². The van der Waals surface area contributed by atoms with Crippen LogP contribution in [-0.2, 0) is 11.2 Å². The van der Waals surface area contributed by atoms with Crippen molar-refractivity contribution in [3.63, 3.8) is 0 Å². The minimum atomic E-state index is 0.130. The summed E-state index contributed by atoms with van der Waals surface area (Å²) in [5.74, 6) is 2.72. The first-order chi connectivity index (χ1) is 9.63. The van der Waals surface area contributed by atoms with Gasteiger partial charge >= 0.3 is 0 Å².